The summed E-state index contributed by atoms with van der Waals surface area (Å²) in [6.45, 7) is 1.95. The van der Waals surface area contributed by atoms with E-state index in [0.717, 1.165) is 25.9 Å². The minimum absolute atomic E-state index is 0.192. The van der Waals surface area contributed by atoms with Crippen LogP contribution in [0.5, 0.6) is 0 Å². The van der Waals surface area contributed by atoms with Crippen molar-refractivity contribution in [2.45, 2.75) is 25.8 Å². The van der Waals surface area contributed by atoms with Crippen molar-refractivity contribution < 1.29 is 9.21 Å². The van der Waals surface area contributed by atoms with Crippen LogP contribution in [0.3, 0.4) is 0 Å². The molecule has 2 fully saturated rings. The zero-order chi connectivity index (χ0) is 21.4. The van der Waals surface area contributed by atoms with Crippen molar-refractivity contribution in [1.29, 1.82) is 0 Å². The number of carbonyl (C=O) groups excluding carboxylic acids is 1. The van der Waals surface area contributed by atoms with E-state index in [2.05, 4.69) is 4.90 Å². The number of hydrogen-bond acceptors (Lipinski definition) is 7. The Morgan fingerprint density at radius 1 is 1.13 bits per heavy atom. The van der Waals surface area contributed by atoms with Gasteiger partial charge in [0.05, 0.1) is 23.3 Å². The van der Waals surface area contributed by atoms with Crippen molar-refractivity contribution in [3.8, 4) is 0 Å². The monoisotopic (exact) mass is 452 g/mol. The number of piperidine rings is 1. The van der Waals surface area contributed by atoms with Gasteiger partial charge in [0.25, 0.3) is 11.5 Å². The Bertz CT molecular complexity index is 1240. The average molecular weight is 453 g/mol. The lowest BCUT2D eigenvalue weighted by molar-refractivity contribution is -0.122. The van der Waals surface area contributed by atoms with Gasteiger partial charge in [0.1, 0.15) is 21.5 Å². The first-order valence-corrected chi connectivity index (χ1v) is 11.4. The van der Waals surface area contributed by atoms with Crippen LogP contribution in [0.1, 0.15) is 30.6 Å². The highest BCUT2D eigenvalue weighted by Crippen LogP contribution is 2.34. The van der Waals surface area contributed by atoms with Crippen molar-refractivity contribution in [2.75, 3.05) is 18.0 Å². The van der Waals surface area contributed by atoms with Crippen molar-refractivity contribution >= 4 is 51.7 Å². The number of carbonyl (C=O) groups is 1. The molecule has 0 spiro atoms. The second-order valence-electron chi connectivity index (χ2n) is 7.48. The quantitative estimate of drug-likeness (QED) is 0.442. The fourth-order valence-corrected chi connectivity index (χ4v) is 5.13. The van der Waals surface area contributed by atoms with Crippen molar-refractivity contribution in [3.63, 3.8) is 0 Å². The lowest BCUT2D eigenvalue weighted by Crippen LogP contribution is -2.33. The van der Waals surface area contributed by atoms with E-state index in [4.69, 9.17) is 21.6 Å². The third kappa shape index (κ3) is 3.79. The summed E-state index contributed by atoms with van der Waals surface area (Å²) >= 11 is 6.63. The molecule has 7 nitrogen and oxygen atoms in total. The molecule has 5 heterocycles. The number of thioether (sulfide) groups is 1. The Labute approximate surface area is 188 Å². The molecule has 1 amide bonds. The highest BCUT2D eigenvalue weighted by molar-refractivity contribution is 8.26. The first-order chi connectivity index (χ1) is 15.1. The number of nitrogens with zero attached hydrogens (tertiary/aromatic N) is 4. The smallest absolute Gasteiger partial charge is 0.267 e. The zero-order valence-electron chi connectivity index (χ0n) is 16.7. The van der Waals surface area contributed by atoms with Gasteiger partial charge in [0.2, 0.25) is 0 Å². The van der Waals surface area contributed by atoms with Gasteiger partial charge in [-0.2, -0.15) is 0 Å². The summed E-state index contributed by atoms with van der Waals surface area (Å²) in [5, 5.41) is 0. The van der Waals surface area contributed by atoms with Crippen LogP contribution in [0.15, 0.2) is 56.9 Å². The summed E-state index contributed by atoms with van der Waals surface area (Å²) in [4.78, 5) is 35.3. The molecule has 0 N–H and O–H groups in total. The van der Waals surface area contributed by atoms with Gasteiger partial charge in [-0.05, 0) is 49.6 Å². The summed E-state index contributed by atoms with van der Waals surface area (Å²) in [5.41, 5.74) is 0.821. The maximum Gasteiger partial charge on any atom is 0.267 e. The Kier molecular flexibility index (Phi) is 5.37. The highest BCUT2D eigenvalue weighted by Gasteiger charge is 2.33. The fourth-order valence-electron chi connectivity index (χ4n) is 3.89. The Balaban J connectivity index is 1.58. The van der Waals surface area contributed by atoms with Gasteiger partial charge in [-0.25, -0.2) is 4.98 Å². The van der Waals surface area contributed by atoms with Crippen LogP contribution >= 0.6 is 24.0 Å². The van der Waals surface area contributed by atoms with E-state index in [1.807, 2.05) is 12.1 Å². The van der Waals surface area contributed by atoms with Gasteiger partial charge < -0.3 is 9.32 Å². The van der Waals surface area contributed by atoms with Gasteiger partial charge in [0.15, 0.2) is 0 Å². The van der Waals surface area contributed by atoms with E-state index < -0.39 is 0 Å². The molecule has 0 atom stereocenters. The SMILES string of the molecule is O=C1/C(=C/c2c(N3CCCCC3)nc3ccccn3c2=O)SC(=S)N1Cc1ccco1. The standard InChI is InChI=1S/C22H20N4O3S2/c27-20-16(13-17-21(28)26(22(30)31-17)14-15-7-6-12-29-15)19(24-9-3-1-4-10-24)23-18-8-2-5-11-25(18)20/h2,5-8,11-13H,1,3-4,9-10,14H2/b17-13-. The molecule has 2 aliphatic rings. The van der Waals surface area contributed by atoms with E-state index in [-0.39, 0.29) is 18.0 Å². The van der Waals surface area contributed by atoms with Crippen LogP contribution in [0, 0.1) is 0 Å². The van der Waals surface area contributed by atoms with Gasteiger partial charge in [0, 0.05) is 19.3 Å². The lowest BCUT2D eigenvalue weighted by atomic mass is 10.1. The molecule has 2 aliphatic heterocycles. The normalized spacial score (nSPS) is 18.5. The molecule has 0 aromatic carbocycles. The zero-order valence-corrected chi connectivity index (χ0v) is 18.3. The van der Waals surface area contributed by atoms with Crippen molar-refractivity contribution in [1.82, 2.24) is 14.3 Å². The number of hydrogen-bond donors (Lipinski definition) is 0. The van der Waals surface area contributed by atoms with Crippen LogP contribution in [0.4, 0.5) is 5.82 Å². The summed E-state index contributed by atoms with van der Waals surface area (Å²) in [6.07, 6.45) is 8.20. The predicted octanol–water partition coefficient (Wildman–Crippen LogP) is 3.68. The molecule has 3 aromatic rings. The van der Waals surface area contributed by atoms with Gasteiger partial charge in [-0.15, -0.1) is 0 Å². The maximum atomic E-state index is 13.4. The van der Waals surface area contributed by atoms with E-state index >= 15 is 0 Å². The topological polar surface area (TPSA) is 71.1 Å². The third-order valence-corrected chi connectivity index (χ3v) is 6.83. The molecule has 5 rings (SSSR count). The average Bonchev–Trinajstić information content (AvgIpc) is 3.40. The Morgan fingerprint density at radius 2 is 1.97 bits per heavy atom. The second kappa shape index (κ2) is 8.32. The number of anilines is 1. The molecular formula is C22H20N4O3S2. The highest BCUT2D eigenvalue weighted by atomic mass is 32.2. The van der Waals surface area contributed by atoms with Crippen LogP contribution in [-0.2, 0) is 11.3 Å². The van der Waals surface area contributed by atoms with Gasteiger partial charge in [-0.1, -0.05) is 30.0 Å². The van der Waals surface area contributed by atoms with Gasteiger partial charge >= 0.3 is 0 Å². The molecule has 0 bridgehead atoms. The van der Waals surface area contributed by atoms with E-state index in [1.165, 1.54) is 27.5 Å². The molecule has 2 saturated heterocycles. The summed E-state index contributed by atoms with van der Waals surface area (Å²) in [5.74, 6) is 1.06. The maximum absolute atomic E-state index is 13.4. The largest absolute Gasteiger partial charge is 0.467 e. The Hall–Kier alpha value is -2.91. The first-order valence-electron chi connectivity index (χ1n) is 10.2. The number of thiocarbonyl (C=S) groups is 1. The predicted molar refractivity (Wildman–Crippen MR) is 125 cm³/mol. The fraction of sp³-hybridized carbons (Fsp3) is 0.273. The number of rotatable bonds is 4. The van der Waals surface area contributed by atoms with Crippen LogP contribution in [0.2, 0.25) is 0 Å². The molecule has 3 aromatic heterocycles. The van der Waals surface area contributed by atoms with Crippen LogP contribution in [0.25, 0.3) is 11.7 Å². The second-order valence-corrected chi connectivity index (χ2v) is 9.15. The Morgan fingerprint density at radius 3 is 2.74 bits per heavy atom. The van der Waals surface area contributed by atoms with E-state index in [9.17, 15) is 9.59 Å². The number of fused-ring (bicyclic) bond motifs is 1. The minimum Gasteiger partial charge on any atom is -0.467 e. The van der Waals surface area contributed by atoms with Crippen LogP contribution < -0.4 is 10.5 Å². The number of aromatic nitrogens is 2. The molecule has 0 radical (unpaired) electrons. The molecule has 0 unspecified atom stereocenters. The van der Waals surface area contributed by atoms with E-state index in [0.29, 0.717) is 32.0 Å². The van der Waals surface area contributed by atoms with Gasteiger partial charge in [-0.3, -0.25) is 18.9 Å². The summed E-state index contributed by atoms with van der Waals surface area (Å²) in [7, 11) is 0. The molecule has 158 valence electrons. The molecule has 9 heteroatoms. The molecule has 0 aliphatic carbocycles. The van der Waals surface area contributed by atoms with Crippen molar-refractivity contribution in [2.24, 2.45) is 0 Å². The summed E-state index contributed by atoms with van der Waals surface area (Å²) in [6, 6.07) is 9.05. The molecule has 0 saturated carbocycles. The third-order valence-electron chi connectivity index (χ3n) is 5.45. The van der Waals surface area contributed by atoms with E-state index in [1.54, 1.807) is 36.7 Å². The number of pyridine rings is 1. The minimum atomic E-state index is -0.228. The number of furan rings is 1. The van der Waals surface area contributed by atoms with Crippen LogP contribution in [-0.4, -0.2) is 37.6 Å². The first kappa shape index (κ1) is 20.0. The lowest BCUT2D eigenvalue weighted by Gasteiger charge is -2.29. The molecular weight excluding hydrogens is 432 g/mol. The van der Waals surface area contributed by atoms with Crippen molar-refractivity contribution in [3.05, 3.63) is 69.4 Å². The molecule has 31 heavy (non-hydrogen) atoms. The number of amides is 1. The summed E-state index contributed by atoms with van der Waals surface area (Å²) < 4.78 is 7.32.